The fourth-order valence-electron chi connectivity index (χ4n) is 0.805. The molecule has 0 saturated carbocycles. The molecular formula is C9H14N2O. The quantitative estimate of drug-likeness (QED) is 0.744. The Morgan fingerprint density at radius 3 is 2.92 bits per heavy atom. The molecule has 0 bridgehead atoms. The maximum absolute atomic E-state index is 5.67. The fraction of sp³-hybridized carbons (Fsp3) is 0.444. The number of ether oxygens (including phenoxy) is 1. The SMILES string of the molecule is CCCOc1cc(N)c(C)cn1. The summed E-state index contributed by atoms with van der Waals surface area (Å²) >= 11 is 0. The number of anilines is 1. The van der Waals surface area contributed by atoms with Gasteiger partial charge in [0.15, 0.2) is 0 Å². The van der Waals surface area contributed by atoms with E-state index in [9.17, 15) is 0 Å². The zero-order valence-electron chi connectivity index (χ0n) is 7.50. The van der Waals surface area contributed by atoms with Crippen LogP contribution in [0.1, 0.15) is 18.9 Å². The van der Waals surface area contributed by atoms with E-state index in [2.05, 4.69) is 11.9 Å². The first kappa shape index (κ1) is 8.84. The van der Waals surface area contributed by atoms with E-state index in [1.54, 1.807) is 12.3 Å². The van der Waals surface area contributed by atoms with Gasteiger partial charge in [-0.3, -0.25) is 0 Å². The highest BCUT2D eigenvalue weighted by atomic mass is 16.5. The summed E-state index contributed by atoms with van der Waals surface area (Å²) in [6, 6.07) is 1.75. The number of hydrogen-bond acceptors (Lipinski definition) is 3. The van der Waals surface area contributed by atoms with Gasteiger partial charge in [0.1, 0.15) is 0 Å². The summed E-state index contributed by atoms with van der Waals surface area (Å²) in [5.74, 6) is 0.611. The van der Waals surface area contributed by atoms with Crippen LogP contribution in [0.4, 0.5) is 5.69 Å². The van der Waals surface area contributed by atoms with Gasteiger partial charge in [-0.05, 0) is 18.9 Å². The zero-order valence-corrected chi connectivity index (χ0v) is 7.50. The van der Waals surface area contributed by atoms with Crippen LogP contribution in [0.2, 0.25) is 0 Å². The Morgan fingerprint density at radius 1 is 1.58 bits per heavy atom. The van der Waals surface area contributed by atoms with E-state index >= 15 is 0 Å². The van der Waals surface area contributed by atoms with E-state index in [0.717, 1.165) is 17.7 Å². The van der Waals surface area contributed by atoms with Crippen LogP contribution in [-0.2, 0) is 0 Å². The molecule has 66 valence electrons. The Kier molecular flexibility index (Phi) is 2.91. The summed E-state index contributed by atoms with van der Waals surface area (Å²) in [7, 11) is 0. The number of nitrogen functional groups attached to an aromatic ring is 1. The summed E-state index contributed by atoms with van der Waals surface area (Å²) in [6.07, 6.45) is 2.70. The van der Waals surface area contributed by atoms with Crippen molar-refractivity contribution < 1.29 is 4.74 Å². The Bertz CT molecular complexity index is 261. The first-order valence-electron chi connectivity index (χ1n) is 4.09. The minimum absolute atomic E-state index is 0.611. The molecule has 0 spiro atoms. The van der Waals surface area contributed by atoms with Gasteiger partial charge in [-0.15, -0.1) is 0 Å². The monoisotopic (exact) mass is 166 g/mol. The second kappa shape index (κ2) is 3.95. The predicted molar refractivity (Wildman–Crippen MR) is 49.2 cm³/mol. The van der Waals surface area contributed by atoms with Crippen LogP contribution in [0.25, 0.3) is 0 Å². The molecule has 0 atom stereocenters. The molecule has 0 radical (unpaired) electrons. The molecule has 3 nitrogen and oxygen atoms in total. The van der Waals surface area contributed by atoms with Crippen molar-refractivity contribution in [2.24, 2.45) is 0 Å². The summed E-state index contributed by atoms with van der Waals surface area (Å²) < 4.78 is 5.30. The first-order valence-corrected chi connectivity index (χ1v) is 4.09. The smallest absolute Gasteiger partial charge is 0.215 e. The van der Waals surface area contributed by atoms with Crippen molar-refractivity contribution in [1.29, 1.82) is 0 Å². The summed E-state index contributed by atoms with van der Waals surface area (Å²) in [4.78, 5) is 4.07. The van der Waals surface area contributed by atoms with Crippen LogP contribution >= 0.6 is 0 Å². The maximum atomic E-state index is 5.67. The highest BCUT2D eigenvalue weighted by molar-refractivity contribution is 5.46. The van der Waals surface area contributed by atoms with E-state index in [0.29, 0.717) is 12.5 Å². The third kappa shape index (κ3) is 2.12. The second-order valence-corrected chi connectivity index (χ2v) is 2.73. The van der Waals surface area contributed by atoms with E-state index in [-0.39, 0.29) is 0 Å². The lowest BCUT2D eigenvalue weighted by Gasteiger charge is -2.04. The molecule has 2 N–H and O–H groups in total. The molecule has 0 amide bonds. The van der Waals surface area contributed by atoms with Crippen molar-refractivity contribution in [3.8, 4) is 5.88 Å². The number of rotatable bonds is 3. The Morgan fingerprint density at radius 2 is 2.33 bits per heavy atom. The molecule has 0 unspecified atom stereocenters. The number of pyridine rings is 1. The van der Waals surface area contributed by atoms with Gasteiger partial charge in [-0.2, -0.15) is 0 Å². The van der Waals surface area contributed by atoms with Gasteiger partial charge in [0.2, 0.25) is 5.88 Å². The van der Waals surface area contributed by atoms with Crippen molar-refractivity contribution in [3.63, 3.8) is 0 Å². The van der Waals surface area contributed by atoms with Crippen LogP contribution in [0.3, 0.4) is 0 Å². The van der Waals surface area contributed by atoms with Gasteiger partial charge >= 0.3 is 0 Å². The van der Waals surface area contributed by atoms with Crippen molar-refractivity contribution in [3.05, 3.63) is 17.8 Å². The standard InChI is InChI=1S/C9H14N2O/c1-3-4-12-9-5-8(10)7(2)6-11-9/h5-6H,3-4H2,1-2H3,(H2,10,11). The highest BCUT2D eigenvalue weighted by Gasteiger charge is 1.97. The van der Waals surface area contributed by atoms with Crippen molar-refractivity contribution in [2.45, 2.75) is 20.3 Å². The molecule has 0 fully saturated rings. The van der Waals surface area contributed by atoms with Crippen molar-refractivity contribution >= 4 is 5.69 Å². The number of hydrogen-bond donors (Lipinski definition) is 1. The van der Waals surface area contributed by atoms with Gasteiger partial charge in [-0.25, -0.2) is 4.98 Å². The van der Waals surface area contributed by atoms with Gasteiger partial charge in [0.05, 0.1) is 6.61 Å². The Balaban J connectivity index is 2.69. The largest absolute Gasteiger partial charge is 0.478 e. The van der Waals surface area contributed by atoms with E-state index in [1.165, 1.54) is 0 Å². The molecule has 0 aromatic carbocycles. The van der Waals surface area contributed by atoms with E-state index in [1.807, 2.05) is 6.92 Å². The van der Waals surface area contributed by atoms with Crippen LogP contribution in [0.15, 0.2) is 12.3 Å². The van der Waals surface area contributed by atoms with Gasteiger partial charge < -0.3 is 10.5 Å². The van der Waals surface area contributed by atoms with Gasteiger partial charge in [0, 0.05) is 18.0 Å². The minimum Gasteiger partial charge on any atom is -0.478 e. The third-order valence-corrected chi connectivity index (χ3v) is 1.57. The normalized spacial score (nSPS) is 9.83. The summed E-state index contributed by atoms with van der Waals surface area (Å²) in [5.41, 5.74) is 7.39. The number of nitrogens with two attached hydrogens (primary N) is 1. The van der Waals surface area contributed by atoms with Crippen LogP contribution in [0, 0.1) is 6.92 Å². The lowest BCUT2D eigenvalue weighted by Crippen LogP contribution is -1.99. The molecule has 0 aliphatic heterocycles. The minimum atomic E-state index is 0.611. The predicted octanol–water partition coefficient (Wildman–Crippen LogP) is 1.76. The van der Waals surface area contributed by atoms with Crippen molar-refractivity contribution in [1.82, 2.24) is 4.98 Å². The molecule has 3 heteroatoms. The fourth-order valence-corrected chi connectivity index (χ4v) is 0.805. The van der Waals surface area contributed by atoms with Crippen molar-refractivity contribution in [2.75, 3.05) is 12.3 Å². The highest BCUT2D eigenvalue weighted by Crippen LogP contribution is 2.15. The molecule has 1 rings (SSSR count). The lowest BCUT2D eigenvalue weighted by atomic mass is 10.3. The number of aryl methyl sites for hydroxylation is 1. The average Bonchev–Trinajstić information content (AvgIpc) is 2.07. The lowest BCUT2D eigenvalue weighted by molar-refractivity contribution is 0.305. The average molecular weight is 166 g/mol. The zero-order chi connectivity index (χ0) is 8.97. The topological polar surface area (TPSA) is 48.1 Å². The summed E-state index contributed by atoms with van der Waals surface area (Å²) in [5, 5.41) is 0. The molecular weight excluding hydrogens is 152 g/mol. The maximum Gasteiger partial charge on any atom is 0.215 e. The Hall–Kier alpha value is -1.25. The molecule has 0 aliphatic carbocycles. The Labute approximate surface area is 72.6 Å². The third-order valence-electron chi connectivity index (χ3n) is 1.57. The molecule has 1 aromatic heterocycles. The molecule has 0 saturated heterocycles. The number of nitrogens with zero attached hydrogens (tertiary/aromatic N) is 1. The van der Waals surface area contributed by atoms with E-state index < -0.39 is 0 Å². The van der Waals surface area contributed by atoms with Gasteiger partial charge in [-0.1, -0.05) is 6.92 Å². The number of aromatic nitrogens is 1. The molecule has 1 heterocycles. The van der Waals surface area contributed by atoms with Gasteiger partial charge in [0.25, 0.3) is 0 Å². The molecule has 0 aliphatic rings. The van der Waals surface area contributed by atoms with Crippen LogP contribution in [0.5, 0.6) is 5.88 Å². The first-order chi connectivity index (χ1) is 5.74. The van der Waals surface area contributed by atoms with Crippen LogP contribution in [-0.4, -0.2) is 11.6 Å². The molecule has 12 heavy (non-hydrogen) atoms. The second-order valence-electron chi connectivity index (χ2n) is 2.73. The van der Waals surface area contributed by atoms with Crippen LogP contribution < -0.4 is 10.5 Å². The molecule has 1 aromatic rings. The van der Waals surface area contributed by atoms with E-state index in [4.69, 9.17) is 10.5 Å². The summed E-state index contributed by atoms with van der Waals surface area (Å²) in [6.45, 7) is 4.67.